The molecule has 0 unspecified atom stereocenters. The van der Waals surface area contributed by atoms with Crippen molar-refractivity contribution >= 4 is 5.95 Å². The predicted octanol–water partition coefficient (Wildman–Crippen LogP) is 0.229. The lowest BCUT2D eigenvalue weighted by molar-refractivity contribution is -0.774. The molecule has 0 bridgehead atoms. The van der Waals surface area contributed by atoms with Crippen LogP contribution in [0.3, 0.4) is 0 Å². The quantitative estimate of drug-likeness (QED) is 0.173. The van der Waals surface area contributed by atoms with E-state index in [1.807, 2.05) is 0 Å². The van der Waals surface area contributed by atoms with Crippen molar-refractivity contribution in [2.24, 2.45) is 5.11 Å². The van der Waals surface area contributed by atoms with Gasteiger partial charge < -0.3 is 0 Å². The summed E-state index contributed by atoms with van der Waals surface area (Å²) in [7, 11) is 0. The molecule has 0 aliphatic heterocycles. The molecule has 0 fully saturated rings. The molecule has 0 saturated heterocycles. The van der Waals surface area contributed by atoms with Gasteiger partial charge in [-0.1, -0.05) is 0 Å². The van der Waals surface area contributed by atoms with Gasteiger partial charge in [0.05, 0.1) is 0 Å². The zero-order valence-corrected chi connectivity index (χ0v) is 6.87. The highest BCUT2D eigenvalue weighted by molar-refractivity contribution is 5.08. The number of hydrogen-bond acceptors (Lipinski definition) is 7. The van der Waals surface area contributed by atoms with E-state index in [2.05, 4.69) is 20.1 Å². The van der Waals surface area contributed by atoms with E-state index in [1.165, 1.54) is 0 Å². The summed E-state index contributed by atoms with van der Waals surface area (Å²) < 4.78 is 0.379. The standard InChI is InChI=1S/C3H2N8O4/c4-8-6-2-5-1-9(7-2)3(10(12)13)11(14)15/h1,3H. The van der Waals surface area contributed by atoms with Gasteiger partial charge in [-0.2, -0.15) is 0 Å². The molecule has 0 amide bonds. The molecule has 0 atom stereocenters. The van der Waals surface area contributed by atoms with Gasteiger partial charge in [0, 0.05) is 4.91 Å². The van der Waals surface area contributed by atoms with Gasteiger partial charge in [0.2, 0.25) is 5.95 Å². The van der Waals surface area contributed by atoms with Gasteiger partial charge in [-0.25, -0.2) is 4.98 Å². The second kappa shape index (κ2) is 3.97. The molecular formula is C3H2N8O4. The van der Waals surface area contributed by atoms with E-state index in [-0.39, 0.29) is 0 Å². The van der Waals surface area contributed by atoms with E-state index >= 15 is 0 Å². The van der Waals surface area contributed by atoms with Crippen LogP contribution >= 0.6 is 0 Å². The minimum absolute atomic E-state index is 0.379. The second-order valence-corrected chi connectivity index (χ2v) is 2.13. The van der Waals surface area contributed by atoms with Gasteiger partial charge in [-0.05, 0) is 10.6 Å². The number of azide groups is 1. The number of hydrogen-bond donors (Lipinski definition) is 0. The monoisotopic (exact) mass is 214 g/mol. The fourth-order valence-corrected chi connectivity index (χ4v) is 0.733. The summed E-state index contributed by atoms with van der Waals surface area (Å²) in [6, 6.07) is 0. The molecule has 12 heteroatoms. The molecule has 78 valence electrons. The minimum Gasteiger partial charge on any atom is -0.257 e. The predicted molar refractivity (Wildman–Crippen MR) is 41.9 cm³/mol. The average Bonchev–Trinajstić information content (AvgIpc) is 2.52. The highest BCUT2D eigenvalue weighted by atomic mass is 16.7. The minimum atomic E-state index is -2.28. The van der Waals surface area contributed by atoms with E-state index in [4.69, 9.17) is 5.53 Å². The Balaban J connectivity index is 3.07. The molecule has 0 spiro atoms. The zero-order valence-electron chi connectivity index (χ0n) is 6.87. The number of rotatable bonds is 4. The van der Waals surface area contributed by atoms with E-state index in [0.29, 0.717) is 4.68 Å². The molecule has 0 saturated carbocycles. The normalized spacial score (nSPS) is 9.67. The summed E-state index contributed by atoms with van der Waals surface area (Å²) in [5, 5.41) is 26.7. The van der Waals surface area contributed by atoms with Gasteiger partial charge in [0.25, 0.3) is 0 Å². The maximum Gasteiger partial charge on any atom is 0.555 e. The molecule has 1 heterocycles. The van der Waals surface area contributed by atoms with Crippen LogP contribution in [0.1, 0.15) is 6.29 Å². The van der Waals surface area contributed by atoms with Gasteiger partial charge in [-0.15, -0.1) is 9.78 Å². The second-order valence-electron chi connectivity index (χ2n) is 2.13. The third kappa shape index (κ3) is 2.13. The molecule has 0 aromatic carbocycles. The van der Waals surface area contributed by atoms with Crippen molar-refractivity contribution in [1.82, 2.24) is 14.8 Å². The summed E-state index contributed by atoms with van der Waals surface area (Å²) in [5.74, 6) is -0.425. The van der Waals surface area contributed by atoms with Crippen LogP contribution in [-0.4, -0.2) is 24.6 Å². The first-order valence-electron chi connectivity index (χ1n) is 3.29. The van der Waals surface area contributed by atoms with Crippen LogP contribution in [0.5, 0.6) is 0 Å². The topological polar surface area (TPSA) is 166 Å². The van der Waals surface area contributed by atoms with Crippen LogP contribution in [0.2, 0.25) is 0 Å². The molecular weight excluding hydrogens is 212 g/mol. The molecule has 0 aliphatic carbocycles. The van der Waals surface area contributed by atoms with Gasteiger partial charge in [0.15, 0.2) is 0 Å². The molecule has 0 radical (unpaired) electrons. The van der Waals surface area contributed by atoms with Crippen LogP contribution in [0.4, 0.5) is 5.95 Å². The summed E-state index contributed by atoms with van der Waals surface area (Å²) in [6.07, 6.45) is -1.54. The van der Waals surface area contributed by atoms with Gasteiger partial charge in [-0.3, -0.25) is 20.2 Å². The number of aromatic nitrogens is 3. The van der Waals surface area contributed by atoms with Crippen molar-refractivity contribution < 1.29 is 9.85 Å². The summed E-state index contributed by atoms with van der Waals surface area (Å²) in [6.45, 7) is 0. The Morgan fingerprint density at radius 1 is 1.53 bits per heavy atom. The van der Waals surface area contributed by atoms with Crippen LogP contribution in [-0.2, 0) is 0 Å². The van der Waals surface area contributed by atoms with Gasteiger partial charge >= 0.3 is 6.29 Å². The smallest absolute Gasteiger partial charge is 0.257 e. The Morgan fingerprint density at radius 3 is 2.60 bits per heavy atom. The van der Waals surface area contributed by atoms with E-state index in [1.54, 1.807) is 0 Å². The van der Waals surface area contributed by atoms with Crippen molar-refractivity contribution in [3.63, 3.8) is 0 Å². The van der Waals surface area contributed by atoms with Crippen molar-refractivity contribution in [1.29, 1.82) is 0 Å². The van der Waals surface area contributed by atoms with Crippen LogP contribution < -0.4 is 0 Å². The highest BCUT2D eigenvalue weighted by Gasteiger charge is 2.35. The fourth-order valence-electron chi connectivity index (χ4n) is 0.733. The lowest BCUT2D eigenvalue weighted by atomic mass is 10.9. The molecule has 1 aromatic heterocycles. The molecule has 0 N–H and O–H groups in total. The number of nitro groups is 2. The van der Waals surface area contributed by atoms with E-state index in [9.17, 15) is 20.2 Å². The first kappa shape index (κ1) is 10.3. The maximum absolute atomic E-state index is 10.3. The molecule has 1 rings (SSSR count). The van der Waals surface area contributed by atoms with Crippen molar-refractivity contribution in [2.75, 3.05) is 0 Å². The summed E-state index contributed by atoms with van der Waals surface area (Å²) >= 11 is 0. The van der Waals surface area contributed by atoms with Gasteiger partial charge in [0.1, 0.15) is 16.2 Å². The lowest BCUT2D eigenvalue weighted by Crippen LogP contribution is -2.26. The highest BCUT2D eigenvalue weighted by Crippen LogP contribution is 2.09. The first-order valence-corrected chi connectivity index (χ1v) is 3.29. The van der Waals surface area contributed by atoms with E-state index < -0.39 is 22.1 Å². The molecule has 0 aliphatic rings. The Morgan fingerprint density at radius 2 is 2.13 bits per heavy atom. The SMILES string of the molecule is [N-]=[N+]=Nc1ncn(C([N+](=O)[O-])[N+](=O)[O-])n1. The average molecular weight is 214 g/mol. The number of nitrogens with zero attached hydrogens (tertiary/aromatic N) is 8. The fraction of sp³-hybridized carbons (Fsp3) is 0.333. The van der Waals surface area contributed by atoms with Crippen LogP contribution in [0.15, 0.2) is 11.4 Å². The Hall–Kier alpha value is -2.75. The maximum atomic E-state index is 10.3. The first-order chi connectivity index (χ1) is 7.06. The Bertz CT molecular complexity index is 430. The van der Waals surface area contributed by atoms with Crippen molar-refractivity contribution in [2.45, 2.75) is 6.29 Å². The Labute approximate surface area is 80.1 Å². The molecule has 12 nitrogen and oxygen atoms in total. The van der Waals surface area contributed by atoms with Crippen LogP contribution in [0.25, 0.3) is 10.4 Å². The third-order valence-corrected chi connectivity index (χ3v) is 1.24. The van der Waals surface area contributed by atoms with E-state index in [0.717, 1.165) is 6.33 Å². The van der Waals surface area contributed by atoms with Crippen molar-refractivity contribution in [3.8, 4) is 0 Å². The summed E-state index contributed by atoms with van der Waals surface area (Å²) in [5.41, 5.74) is 7.99. The van der Waals surface area contributed by atoms with Crippen molar-refractivity contribution in [3.05, 3.63) is 37.0 Å². The molecule has 1 aromatic rings. The molecule has 15 heavy (non-hydrogen) atoms. The Kier molecular flexibility index (Phi) is 2.74. The summed E-state index contributed by atoms with van der Waals surface area (Å²) in [4.78, 5) is 23.9. The zero-order chi connectivity index (χ0) is 11.4. The largest absolute Gasteiger partial charge is 0.555 e. The lowest BCUT2D eigenvalue weighted by Gasteiger charge is -1.98. The third-order valence-electron chi connectivity index (χ3n) is 1.24. The van der Waals surface area contributed by atoms with Crippen LogP contribution in [0, 0.1) is 20.2 Å².